The summed E-state index contributed by atoms with van der Waals surface area (Å²) in [4.78, 5) is 0. The van der Waals surface area contributed by atoms with E-state index in [2.05, 4.69) is 28.1 Å². The molecule has 0 saturated carbocycles. The Labute approximate surface area is 103 Å². The van der Waals surface area contributed by atoms with Crippen LogP contribution in [0.4, 0.5) is 0 Å². The minimum atomic E-state index is 0.131. The molecule has 2 aliphatic heterocycles. The maximum absolute atomic E-state index is 5.80. The van der Waals surface area contributed by atoms with Crippen LogP contribution in [0.1, 0.15) is 23.7 Å². The fraction of sp³-hybridized carbons (Fsp3) is 0.500. The monoisotopic (exact) mass is 284 g/mol. The van der Waals surface area contributed by atoms with E-state index in [0.29, 0.717) is 6.79 Å². The number of halogens is 1. The topological polar surface area (TPSA) is 27.7 Å². The summed E-state index contributed by atoms with van der Waals surface area (Å²) in [6.45, 7) is 1.15. The summed E-state index contributed by atoms with van der Waals surface area (Å²) in [6.07, 6.45) is 2.25. The first-order chi connectivity index (χ1) is 7.88. The molecule has 4 heteroatoms. The number of ether oxygens (including phenoxy) is 3. The van der Waals surface area contributed by atoms with Crippen LogP contribution < -0.4 is 9.47 Å². The molecular formula is C12H13BrO3. The second kappa shape index (κ2) is 4.26. The minimum Gasteiger partial charge on any atom is -0.454 e. The van der Waals surface area contributed by atoms with Crippen molar-refractivity contribution < 1.29 is 14.2 Å². The summed E-state index contributed by atoms with van der Waals surface area (Å²) in [7, 11) is 0. The number of alkyl halides is 1. The highest BCUT2D eigenvalue weighted by atomic mass is 79.9. The van der Waals surface area contributed by atoms with E-state index in [9.17, 15) is 0 Å². The molecule has 2 aliphatic rings. The van der Waals surface area contributed by atoms with Gasteiger partial charge in [0, 0.05) is 11.9 Å². The molecule has 86 valence electrons. The van der Waals surface area contributed by atoms with Crippen LogP contribution in [0.25, 0.3) is 0 Å². The molecule has 0 saturated heterocycles. The van der Waals surface area contributed by atoms with Gasteiger partial charge in [-0.2, -0.15) is 0 Å². The highest BCUT2D eigenvalue weighted by Crippen LogP contribution is 2.39. The van der Waals surface area contributed by atoms with Gasteiger partial charge in [0.05, 0.1) is 6.10 Å². The molecule has 16 heavy (non-hydrogen) atoms. The third-order valence-electron chi connectivity index (χ3n) is 3.03. The van der Waals surface area contributed by atoms with Crippen LogP contribution in [0.3, 0.4) is 0 Å². The summed E-state index contributed by atoms with van der Waals surface area (Å²) >= 11 is 3.50. The fourth-order valence-corrected chi connectivity index (χ4v) is 2.76. The molecular weight excluding hydrogens is 272 g/mol. The van der Waals surface area contributed by atoms with Gasteiger partial charge < -0.3 is 14.2 Å². The molecule has 1 aromatic rings. The molecule has 3 rings (SSSR count). The molecule has 3 nitrogen and oxygen atoms in total. The van der Waals surface area contributed by atoms with E-state index >= 15 is 0 Å². The maximum Gasteiger partial charge on any atom is 0.231 e. The van der Waals surface area contributed by atoms with Crippen LogP contribution >= 0.6 is 15.9 Å². The van der Waals surface area contributed by atoms with E-state index in [-0.39, 0.29) is 6.10 Å². The van der Waals surface area contributed by atoms with Gasteiger partial charge in [0.25, 0.3) is 0 Å². The SMILES string of the molecule is BrCC1OCCCc2cc3c(cc21)OCO3. The molecule has 0 N–H and O–H groups in total. The van der Waals surface area contributed by atoms with Crippen molar-refractivity contribution in [3.63, 3.8) is 0 Å². The zero-order valence-corrected chi connectivity index (χ0v) is 10.5. The lowest BCUT2D eigenvalue weighted by Crippen LogP contribution is -2.05. The van der Waals surface area contributed by atoms with Crippen molar-refractivity contribution in [2.45, 2.75) is 18.9 Å². The van der Waals surface area contributed by atoms with E-state index in [1.54, 1.807) is 0 Å². The van der Waals surface area contributed by atoms with Gasteiger partial charge in [0.1, 0.15) is 0 Å². The molecule has 2 heterocycles. The van der Waals surface area contributed by atoms with Crippen molar-refractivity contribution in [3.8, 4) is 11.5 Å². The summed E-state index contributed by atoms with van der Waals surface area (Å²) in [6, 6.07) is 4.16. The van der Waals surface area contributed by atoms with E-state index in [1.165, 1.54) is 11.1 Å². The molecule has 0 radical (unpaired) electrons. The van der Waals surface area contributed by atoms with Gasteiger partial charge in [-0.1, -0.05) is 15.9 Å². The van der Waals surface area contributed by atoms with Crippen molar-refractivity contribution in [3.05, 3.63) is 23.3 Å². The molecule has 0 aromatic heterocycles. The number of rotatable bonds is 1. The lowest BCUT2D eigenvalue weighted by Gasteiger charge is -2.15. The first kappa shape index (κ1) is 10.4. The molecule has 0 bridgehead atoms. The Bertz CT molecular complexity index is 405. The lowest BCUT2D eigenvalue weighted by molar-refractivity contribution is 0.0738. The van der Waals surface area contributed by atoms with E-state index < -0.39 is 0 Å². The van der Waals surface area contributed by atoms with Crippen molar-refractivity contribution in [1.29, 1.82) is 0 Å². The smallest absolute Gasteiger partial charge is 0.231 e. The molecule has 0 amide bonds. The molecule has 0 aliphatic carbocycles. The van der Waals surface area contributed by atoms with Gasteiger partial charge in [-0.3, -0.25) is 0 Å². The highest BCUT2D eigenvalue weighted by Gasteiger charge is 2.23. The summed E-state index contributed by atoms with van der Waals surface area (Å²) < 4.78 is 16.6. The summed E-state index contributed by atoms with van der Waals surface area (Å²) in [5, 5.41) is 0.819. The Morgan fingerprint density at radius 1 is 1.25 bits per heavy atom. The first-order valence-electron chi connectivity index (χ1n) is 5.48. The van der Waals surface area contributed by atoms with E-state index in [4.69, 9.17) is 14.2 Å². The van der Waals surface area contributed by atoms with Gasteiger partial charge in [0.2, 0.25) is 6.79 Å². The summed E-state index contributed by atoms with van der Waals surface area (Å²) in [5.74, 6) is 1.71. The average molecular weight is 285 g/mol. The number of benzene rings is 1. The van der Waals surface area contributed by atoms with Crippen molar-refractivity contribution in [2.75, 3.05) is 18.7 Å². The van der Waals surface area contributed by atoms with Crippen LogP contribution in [0.2, 0.25) is 0 Å². The van der Waals surface area contributed by atoms with Gasteiger partial charge in [-0.25, -0.2) is 0 Å². The zero-order valence-electron chi connectivity index (χ0n) is 8.87. The van der Waals surface area contributed by atoms with Crippen LogP contribution in [0, 0.1) is 0 Å². The quantitative estimate of drug-likeness (QED) is 0.743. The number of hydrogen-bond donors (Lipinski definition) is 0. The summed E-state index contributed by atoms with van der Waals surface area (Å²) in [5.41, 5.74) is 2.56. The molecule has 0 fully saturated rings. The predicted molar refractivity (Wildman–Crippen MR) is 63.4 cm³/mol. The third kappa shape index (κ3) is 1.70. The van der Waals surface area contributed by atoms with Crippen molar-refractivity contribution >= 4 is 15.9 Å². The van der Waals surface area contributed by atoms with Crippen LogP contribution in [-0.4, -0.2) is 18.7 Å². The van der Waals surface area contributed by atoms with Crippen LogP contribution in [0.15, 0.2) is 12.1 Å². The molecule has 1 unspecified atom stereocenters. The van der Waals surface area contributed by atoms with Crippen LogP contribution in [0.5, 0.6) is 11.5 Å². The van der Waals surface area contributed by atoms with Crippen molar-refractivity contribution in [1.82, 2.24) is 0 Å². The Kier molecular flexibility index (Phi) is 2.77. The molecule has 1 atom stereocenters. The largest absolute Gasteiger partial charge is 0.454 e. The number of hydrogen-bond acceptors (Lipinski definition) is 3. The van der Waals surface area contributed by atoms with Gasteiger partial charge in [-0.15, -0.1) is 0 Å². The Balaban J connectivity index is 2.06. The standard InChI is InChI=1S/C12H13BrO3/c13-6-12-9-5-11-10(15-7-16-11)4-8(9)2-1-3-14-12/h4-5,12H,1-3,6-7H2. The normalized spacial score (nSPS) is 22.7. The second-order valence-electron chi connectivity index (χ2n) is 4.02. The molecule has 0 spiro atoms. The van der Waals surface area contributed by atoms with Gasteiger partial charge in [-0.05, 0) is 36.1 Å². The van der Waals surface area contributed by atoms with E-state index in [1.807, 2.05) is 0 Å². The predicted octanol–water partition coefficient (Wildman–Crippen LogP) is 2.81. The van der Waals surface area contributed by atoms with Gasteiger partial charge in [0.15, 0.2) is 11.5 Å². The lowest BCUT2D eigenvalue weighted by atomic mass is 9.99. The Morgan fingerprint density at radius 3 is 2.88 bits per heavy atom. The minimum absolute atomic E-state index is 0.131. The average Bonchev–Trinajstić information content (AvgIpc) is 2.66. The Morgan fingerprint density at radius 2 is 2.06 bits per heavy atom. The third-order valence-corrected chi connectivity index (χ3v) is 3.62. The Hall–Kier alpha value is -0.740. The number of aryl methyl sites for hydroxylation is 1. The van der Waals surface area contributed by atoms with Crippen LogP contribution in [-0.2, 0) is 11.2 Å². The number of fused-ring (bicyclic) bond motifs is 2. The van der Waals surface area contributed by atoms with E-state index in [0.717, 1.165) is 36.3 Å². The fourth-order valence-electron chi connectivity index (χ4n) is 2.22. The van der Waals surface area contributed by atoms with Gasteiger partial charge >= 0.3 is 0 Å². The maximum atomic E-state index is 5.80. The second-order valence-corrected chi connectivity index (χ2v) is 4.67. The van der Waals surface area contributed by atoms with Crippen molar-refractivity contribution in [2.24, 2.45) is 0 Å². The first-order valence-corrected chi connectivity index (χ1v) is 6.60. The zero-order chi connectivity index (χ0) is 11.0. The molecule has 1 aromatic carbocycles. The highest BCUT2D eigenvalue weighted by molar-refractivity contribution is 9.09.